The molecule has 1 heterocycles. The van der Waals surface area contributed by atoms with Crippen LogP contribution in [0.3, 0.4) is 0 Å². The van der Waals surface area contributed by atoms with Gasteiger partial charge in [0.15, 0.2) is 0 Å². The average Bonchev–Trinajstić information content (AvgIpc) is 2.76. The molecule has 0 spiro atoms. The van der Waals surface area contributed by atoms with Crippen molar-refractivity contribution in [3.8, 4) is 0 Å². The van der Waals surface area contributed by atoms with Gasteiger partial charge in [-0.05, 0) is 19.1 Å². The highest BCUT2D eigenvalue weighted by atomic mass is 16.5. The first kappa shape index (κ1) is 12.1. The van der Waals surface area contributed by atoms with Gasteiger partial charge in [0.2, 0.25) is 0 Å². The number of carbonyl (C=O) groups is 1. The van der Waals surface area contributed by atoms with Crippen molar-refractivity contribution in [2.45, 2.75) is 19.1 Å². The number of rotatable bonds is 3. The van der Waals surface area contributed by atoms with Gasteiger partial charge >= 0.3 is 0 Å². The van der Waals surface area contributed by atoms with Gasteiger partial charge in [0.05, 0.1) is 12.1 Å². The molecule has 1 amide bonds. The highest BCUT2D eigenvalue weighted by Gasteiger charge is 2.28. The first-order valence-electron chi connectivity index (χ1n) is 5.82. The fraction of sp³-hybridized carbons (Fsp3) is 0.462. The molecule has 1 aromatic rings. The number of methoxy groups -OCH3 is 1. The van der Waals surface area contributed by atoms with Crippen molar-refractivity contribution in [3.05, 3.63) is 35.4 Å². The van der Waals surface area contributed by atoms with Gasteiger partial charge in [-0.25, -0.2) is 0 Å². The summed E-state index contributed by atoms with van der Waals surface area (Å²) in [5.41, 5.74) is 1.79. The maximum atomic E-state index is 12.0. The van der Waals surface area contributed by atoms with Crippen molar-refractivity contribution in [3.63, 3.8) is 0 Å². The molecule has 2 rings (SSSR count). The molecule has 0 radical (unpaired) electrons. The van der Waals surface area contributed by atoms with Crippen molar-refractivity contribution in [1.82, 2.24) is 10.6 Å². The minimum absolute atomic E-state index is 0.0375. The lowest BCUT2D eigenvalue weighted by Crippen LogP contribution is -2.43. The Hall–Kier alpha value is -1.39. The molecule has 1 aliphatic rings. The molecular weight excluding hydrogens is 216 g/mol. The average molecular weight is 234 g/mol. The topological polar surface area (TPSA) is 50.4 Å². The van der Waals surface area contributed by atoms with E-state index in [9.17, 15) is 4.79 Å². The Labute approximate surface area is 101 Å². The third-order valence-corrected chi connectivity index (χ3v) is 3.06. The number of carbonyl (C=O) groups excluding carboxylic acids is 1. The lowest BCUT2D eigenvalue weighted by Gasteiger charge is -2.18. The Bertz CT molecular complexity index is 406. The highest BCUT2D eigenvalue weighted by Crippen LogP contribution is 2.07. The minimum atomic E-state index is -0.0375. The smallest absolute Gasteiger partial charge is 0.251 e. The summed E-state index contributed by atoms with van der Waals surface area (Å²) in [4.78, 5) is 12.0. The molecule has 4 heteroatoms. The Morgan fingerprint density at radius 1 is 1.47 bits per heavy atom. The predicted molar refractivity (Wildman–Crippen MR) is 66.1 cm³/mol. The number of hydrogen-bond donors (Lipinski definition) is 2. The van der Waals surface area contributed by atoms with Crippen LogP contribution < -0.4 is 10.6 Å². The zero-order chi connectivity index (χ0) is 12.3. The second-order valence-corrected chi connectivity index (χ2v) is 4.38. The van der Waals surface area contributed by atoms with Gasteiger partial charge in [0.25, 0.3) is 5.91 Å². The van der Waals surface area contributed by atoms with Gasteiger partial charge in [-0.2, -0.15) is 0 Å². The molecule has 0 bridgehead atoms. The summed E-state index contributed by atoms with van der Waals surface area (Å²) in [6, 6.07) is 7.64. The number of aryl methyl sites for hydroxylation is 1. The van der Waals surface area contributed by atoms with Crippen LogP contribution in [0.5, 0.6) is 0 Å². The second-order valence-electron chi connectivity index (χ2n) is 4.38. The maximum absolute atomic E-state index is 12.0. The summed E-state index contributed by atoms with van der Waals surface area (Å²) in [6.07, 6.45) is 0.0590. The summed E-state index contributed by atoms with van der Waals surface area (Å²) >= 11 is 0. The second kappa shape index (κ2) is 5.29. The van der Waals surface area contributed by atoms with Crippen LogP contribution in [0.2, 0.25) is 0 Å². The van der Waals surface area contributed by atoms with Gasteiger partial charge in [-0.1, -0.05) is 17.7 Å². The van der Waals surface area contributed by atoms with Gasteiger partial charge in [-0.3, -0.25) is 4.79 Å². The molecule has 1 fully saturated rings. The molecule has 92 valence electrons. The minimum Gasteiger partial charge on any atom is -0.378 e. The van der Waals surface area contributed by atoms with Crippen LogP contribution in [-0.2, 0) is 4.74 Å². The summed E-state index contributed by atoms with van der Waals surface area (Å²) in [5, 5.41) is 6.20. The molecule has 4 nitrogen and oxygen atoms in total. The molecule has 1 aliphatic heterocycles. The van der Waals surface area contributed by atoms with Crippen molar-refractivity contribution in [2.24, 2.45) is 0 Å². The van der Waals surface area contributed by atoms with Gasteiger partial charge in [0.1, 0.15) is 0 Å². The van der Waals surface area contributed by atoms with Crippen LogP contribution in [0, 0.1) is 6.92 Å². The number of ether oxygens (including phenoxy) is 1. The van der Waals surface area contributed by atoms with Crippen molar-refractivity contribution < 1.29 is 9.53 Å². The Morgan fingerprint density at radius 2 is 2.29 bits per heavy atom. The molecular formula is C13H18N2O2. The lowest BCUT2D eigenvalue weighted by molar-refractivity contribution is 0.0780. The van der Waals surface area contributed by atoms with E-state index in [1.807, 2.05) is 31.2 Å². The molecule has 0 aliphatic carbocycles. The summed E-state index contributed by atoms with van der Waals surface area (Å²) in [7, 11) is 1.67. The van der Waals surface area contributed by atoms with Gasteiger partial charge in [0, 0.05) is 25.8 Å². The van der Waals surface area contributed by atoms with E-state index in [4.69, 9.17) is 4.74 Å². The molecule has 2 atom stereocenters. The van der Waals surface area contributed by atoms with Crippen LogP contribution in [0.1, 0.15) is 15.9 Å². The molecule has 17 heavy (non-hydrogen) atoms. The summed E-state index contributed by atoms with van der Waals surface area (Å²) < 4.78 is 5.31. The standard InChI is InChI=1S/C13H18N2O2/c1-9-4-3-5-10(6-9)13(16)15-11-7-14-8-12(11)17-2/h3-6,11-12,14H,7-8H2,1-2H3,(H,15,16)/t11?,12-/m0/s1. The van der Waals surface area contributed by atoms with E-state index < -0.39 is 0 Å². The van der Waals surface area contributed by atoms with Gasteiger partial charge in [-0.15, -0.1) is 0 Å². The van der Waals surface area contributed by atoms with Crippen LogP contribution >= 0.6 is 0 Å². The fourth-order valence-electron chi connectivity index (χ4n) is 2.08. The van der Waals surface area contributed by atoms with Crippen LogP contribution in [0.25, 0.3) is 0 Å². The first-order valence-corrected chi connectivity index (χ1v) is 5.82. The van der Waals surface area contributed by atoms with Crippen LogP contribution in [0.4, 0.5) is 0 Å². The van der Waals surface area contributed by atoms with Crippen LogP contribution in [-0.4, -0.2) is 38.3 Å². The highest BCUT2D eigenvalue weighted by molar-refractivity contribution is 5.94. The molecule has 1 saturated heterocycles. The van der Waals surface area contributed by atoms with E-state index in [1.165, 1.54) is 0 Å². The quantitative estimate of drug-likeness (QED) is 0.810. The third kappa shape index (κ3) is 2.84. The lowest BCUT2D eigenvalue weighted by atomic mass is 10.1. The predicted octanol–water partition coefficient (Wildman–Crippen LogP) is 0.712. The zero-order valence-corrected chi connectivity index (χ0v) is 10.2. The summed E-state index contributed by atoms with van der Waals surface area (Å²) in [5.74, 6) is -0.0375. The van der Waals surface area contributed by atoms with E-state index in [0.29, 0.717) is 5.56 Å². The van der Waals surface area contributed by atoms with Crippen molar-refractivity contribution in [1.29, 1.82) is 0 Å². The maximum Gasteiger partial charge on any atom is 0.251 e. The van der Waals surface area contributed by atoms with E-state index in [2.05, 4.69) is 10.6 Å². The Morgan fingerprint density at radius 3 is 3.00 bits per heavy atom. The van der Waals surface area contributed by atoms with E-state index in [1.54, 1.807) is 7.11 Å². The zero-order valence-electron chi connectivity index (χ0n) is 10.2. The van der Waals surface area contributed by atoms with E-state index in [0.717, 1.165) is 18.7 Å². The van der Waals surface area contributed by atoms with Crippen LogP contribution in [0.15, 0.2) is 24.3 Å². The third-order valence-electron chi connectivity index (χ3n) is 3.06. The SMILES string of the molecule is CO[C@H]1CNCC1NC(=O)c1cccc(C)c1. The first-order chi connectivity index (χ1) is 8.20. The Balaban J connectivity index is 2.01. The monoisotopic (exact) mass is 234 g/mol. The Kier molecular flexibility index (Phi) is 3.76. The molecule has 1 aromatic carbocycles. The van der Waals surface area contributed by atoms with Crippen molar-refractivity contribution >= 4 is 5.91 Å². The number of nitrogens with one attached hydrogen (secondary N) is 2. The molecule has 2 N–H and O–H groups in total. The number of hydrogen-bond acceptors (Lipinski definition) is 3. The largest absolute Gasteiger partial charge is 0.378 e. The number of amides is 1. The van der Waals surface area contributed by atoms with Crippen molar-refractivity contribution in [2.75, 3.05) is 20.2 Å². The molecule has 0 aromatic heterocycles. The van der Waals surface area contributed by atoms with E-state index in [-0.39, 0.29) is 18.1 Å². The molecule has 1 unspecified atom stereocenters. The van der Waals surface area contributed by atoms with E-state index >= 15 is 0 Å². The molecule has 0 saturated carbocycles. The fourth-order valence-corrected chi connectivity index (χ4v) is 2.08. The number of benzene rings is 1. The van der Waals surface area contributed by atoms with Gasteiger partial charge < -0.3 is 15.4 Å². The summed E-state index contributed by atoms with van der Waals surface area (Å²) in [6.45, 7) is 3.52. The normalized spacial score (nSPS) is 23.6.